The number of aromatic nitrogens is 2. The minimum atomic E-state index is -0.149. The molecule has 4 rings (SSSR count). The molecule has 166 valence electrons. The Hall–Kier alpha value is -1.97. The van der Waals surface area contributed by atoms with E-state index in [9.17, 15) is 9.59 Å². The van der Waals surface area contributed by atoms with E-state index in [1.54, 1.807) is 6.20 Å². The highest BCUT2D eigenvalue weighted by atomic mass is 16.5. The van der Waals surface area contributed by atoms with Crippen LogP contribution in [0.1, 0.15) is 32.5 Å². The summed E-state index contributed by atoms with van der Waals surface area (Å²) in [5, 5.41) is 3.01. The molecule has 2 N–H and O–H groups in total. The molecular weight excluding hydrogens is 386 g/mol. The van der Waals surface area contributed by atoms with Crippen LogP contribution in [0.4, 0.5) is 0 Å². The van der Waals surface area contributed by atoms with Gasteiger partial charge in [0, 0.05) is 56.5 Å². The third kappa shape index (κ3) is 4.84. The molecule has 0 spiro atoms. The summed E-state index contributed by atoms with van der Waals surface area (Å²) < 4.78 is 11.5. The monoisotopic (exact) mass is 419 g/mol. The Morgan fingerprint density at radius 1 is 1.30 bits per heavy atom. The molecule has 3 fully saturated rings. The highest BCUT2D eigenvalue weighted by molar-refractivity contribution is 5.77. The first-order valence-corrected chi connectivity index (χ1v) is 11.0. The van der Waals surface area contributed by atoms with Crippen molar-refractivity contribution in [2.24, 2.45) is 11.8 Å². The zero-order valence-electron chi connectivity index (χ0n) is 17.9. The number of morpholine rings is 1. The number of aromatic amines is 1. The lowest BCUT2D eigenvalue weighted by atomic mass is 9.84. The molecule has 2 amide bonds. The van der Waals surface area contributed by atoms with Crippen molar-refractivity contribution in [1.29, 1.82) is 0 Å². The molecule has 3 aliphatic rings. The first kappa shape index (κ1) is 21.3. The fourth-order valence-corrected chi connectivity index (χ4v) is 5.10. The Labute approximate surface area is 177 Å². The molecule has 0 saturated carbocycles. The number of likely N-dealkylation sites (tertiary alicyclic amines) is 1. The van der Waals surface area contributed by atoms with Crippen LogP contribution in [-0.2, 0) is 25.6 Å². The Morgan fingerprint density at radius 2 is 2.10 bits per heavy atom. The summed E-state index contributed by atoms with van der Waals surface area (Å²) in [5.41, 5.74) is 0. The maximum Gasteiger partial charge on any atom is 0.225 e. The van der Waals surface area contributed by atoms with E-state index in [1.807, 2.05) is 24.9 Å². The quantitative estimate of drug-likeness (QED) is 0.663. The van der Waals surface area contributed by atoms with Gasteiger partial charge in [-0.25, -0.2) is 4.98 Å². The van der Waals surface area contributed by atoms with Gasteiger partial charge in [0.05, 0.1) is 38.9 Å². The van der Waals surface area contributed by atoms with Gasteiger partial charge in [-0.1, -0.05) is 0 Å². The predicted molar refractivity (Wildman–Crippen MR) is 109 cm³/mol. The van der Waals surface area contributed by atoms with Gasteiger partial charge in [-0.15, -0.1) is 0 Å². The number of rotatable bonds is 7. The van der Waals surface area contributed by atoms with Gasteiger partial charge in [-0.2, -0.15) is 0 Å². The Balaban J connectivity index is 1.45. The van der Waals surface area contributed by atoms with Crippen molar-refractivity contribution < 1.29 is 19.1 Å². The van der Waals surface area contributed by atoms with Crippen molar-refractivity contribution in [3.05, 3.63) is 18.2 Å². The van der Waals surface area contributed by atoms with Crippen LogP contribution in [0.3, 0.4) is 0 Å². The van der Waals surface area contributed by atoms with Gasteiger partial charge in [0.1, 0.15) is 5.82 Å². The minimum Gasteiger partial charge on any atom is -0.378 e. The van der Waals surface area contributed by atoms with E-state index in [4.69, 9.17) is 9.47 Å². The molecule has 1 aromatic heterocycles. The molecule has 0 unspecified atom stereocenters. The molecule has 4 heterocycles. The van der Waals surface area contributed by atoms with Gasteiger partial charge in [-0.05, 0) is 19.8 Å². The van der Waals surface area contributed by atoms with Crippen molar-refractivity contribution in [2.75, 3.05) is 39.5 Å². The van der Waals surface area contributed by atoms with Crippen LogP contribution in [0.2, 0.25) is 0 Å². The topological polar surface area (TPSA) is 99.8 Å². The summed E-state index contributed by atoms with van der Waals surface area (Å²) in [7, 11) is 0. The molecule has 0 aromatic carbocycles. The molecule has 30 heavy (non-hydrogen) atoms. The number of hydrogen-bond donors (Lipinski definition) is 2. The fourth-order valence-electron chi connectivity index (χ4n) is 5.10. The second-order valence-corrected chi connectivity index (χ2v) is 8.87. The summed E-state index contributed by atoms with van der Waals surface area (Å²) in [5.74, 6) is 1.43. The normalized spacial score (nSPS) is 29.4. The molecular formula is C21H33N5O4. The van der Waals surface area contributed by atoms with Crippen LogP contribution >= 0.6 is 0 Å². The van der Waals surface area contributed by atoms with E-state index in [-0.39, 0.29) is 41.8 Å². The smallest absolute Gasteiger partial charge is 0.225 e. The van der Waals surface area contributed by atoms with E-state index in [2.05, 4.69) is 20.2 Å². The van der Waals surface area contributed by atoms with Crippen molar-refractivity contribution in [3.63, 3.8) is 0 Å². The first-order valence-electron chi connectivity index (χ1n) is 11.0. The number of carbonyl (C=O) groups is 2. The Kier molecular flexibility index (Phi) is 6.70. The largest absolute Gasteiger partial charge is 0.378 e. The Bertz CT molecular complexity index is 719. The first-order chi connectivity index (χ1) is 14.5. The van der Waals surface area contributed by atoms with Crippen LogP contribution < -0.4 is 5.32 Å². The van der Waals surface area contributed by atoms with E-state index in [1.165, 1.54) is 0 Å². The number of nitrogens with zero attached hydrogens (tertiary/aromatic N) is 3. The number of hydrogen-bond acceptors (Lipinski definition) is 6. The second kappa shape index (κ2) is 9.45. The van der Waals surface area contributed by atoms with Crippen LogP contribution in [-0.4, -0.2) is 89.2 Å². The maximum absolute atomic E-state index is 12.8. The Morgan fingerprint density at radius 3 is 2.80 bits per heavy atom. The summed E-state index contributed by atoms with van der Waals surface area (Å²) in [6.45, 7) is 8.53. The van der Waals surface area contributed by atoms with Crippen LogP contribution in [0.15, 0.2) is 12.4 Å². The number of fused-ring (bicyclic) bond motifs is 1. The lowest BCUT2D eigenvalue weighted by molar-refractivity contribution is -0.138. The van der Waals surface area contributed by atoms with Gasteiger partial charge in [0.15, 0.2) is 0 Å². The zero-order chi connectivity index (χ0) is 21.1. The average molecular weight is 420 g/mol. The van der Waals surface area contributed by atoms with Crippen molar-refractivity contribution in [2.45, 2.75) is 51.4 Å². The van der Waals surface area contributed by atoms with Gasteiger partial charge < -0.3 is 24.7 Å². The van der Waals surface area contributed by atoms with Crippen LogP contribution in [0.5, 0.6) is 0 Å². The van der Waals surface area contributed by atoms with E-state index >= 15 is 0 Å². The van der Waals surface area contributed by atoms with E-state index in [0.717, 1.165) is 12.4 Å². The molecule has 4 atom stereocenters. The van der Waals surface area contributed by atoms with Crippen LogP contribution in [0.25, 0.3) is 0 Å². The number of nitrogens with one attached hydrogen (secondary N) is 2. The van der Waals surface area contributed by atoms with E-state index in [0.29, 0.717) is 52.3 Å². The summed E-state index contributed by atoms with van der Waals surface area (Å²) >= 11 is 0. The number of amides is 2. The number of imidazole rings is 1. The standard InChI is InChI=1S/C21H33N5O4/c1-14(2)24-19(27)9-15-11-26(12-18-22-3-4-23-18)16-13-30-17(21(15)16)10-20(28)25-5-7-29-8-6-25/h3-4,14-17,21H,5-13H2,1-2H3,(H,22,23)(H,24,27)/t15-,16-,17+,21-/m1/s1. The minimum absolute atomic E-state index is 0.0683. The molecule has 0 radical (unpaired) electrons. The number of ether oxygens (including phenoxy) is 2. The summed E-state index contributed by atoms with van der Waals surface area (Å²) in [4.78, 5) is 37.1. The molecule has 0 aliphatic carbocycles. The maximum atomic E-state index is 12.8. The van der Waals surface area contributed by atoms with Gasteiger partial charge in [0.2, 0.25) is 11.8 Å². The lowest BCUT2D eigenvalue weighted by Gasteiger charge is -2.29. The zero-order valence-corrected chi connectivity index (χ0v) is 17.9. The molecule has 1 aromatic rings. The summed E-state index contributed by atoms with van der Waals surface area (Å²) in [6, 6.07) is 0.321. The van der Waals surface area contributed by atoms with E-state index < -0.39 is 0 Å². The molecule has 9 heteroatoms. The lowest BCUT2D eigenvalue weighted by Crippen LogP contribution is -2.43. The molecule has 3 aliphatic heterocycles. The van der Waals surface area contributed by atoms with Crippen molar-refractivity contribution in [1.82, 2.24) is 25.1 Å². The van der Waals surface area contributed by atoms with Crippen molar-refractivity contribution in [3.8, 4) is 0 Å². The van der Waals surface area contributed by atoms with Crippen molar-refractivity contribution >= 4 is 11.8 Å². The highest BCUT2D eigenvalue weighted by Crippen LogP contribution is 2.42. The molecule has 9 nitrogen and oxygen atoms in total. The van der Waals surface area contributed by atoms with Crippen LogP contribution in [0, 0.1) is 11.8 Å². The second-order valence-electron chi connectivity index (χ2n) is 8.87. The summed E-state index contributed by atoms with van der Waals surface area (Å²) in [6.07, 6.45) is 4.26. The SMILES string of the molecule is CC(C)NC(=O)C[C@@H]1CN(Cc2ncc[nH]2)[C@@H]2CO[C@@H](CC(=O)N3CCOCC3)[C@H]12. The average Bonchev–Trinajstić information content (AvgIpc) is 3.43. The van der Waals surface area contributed by atoms with Gasteiger partial charge in [-0.3, -0.25) is 14.5 Å². The third-order valence-electron chi connectivity index (χ3n) is 6.38. The van der Waals surface area contributed by atoms with Gasteiger partial charge >= 0.3 is 0 Å². The van der Waals surface area contributed by atoms with Gasteiger partial charge in [0.25, 0.3) is 0 Å². The molecule has 3 saturated heterocycles. The highest BCUT2D eigenvalue weighted by Gasteiger charge is 2.51. The predicted octanol–water partition coefficient (Wildman–Crippen LogP) is 0.389. The number of H-pyrrole nitrogens is 1. The fraction of sp³-hybridized carbons (Fsp3) is 0.762. The third-order valence-corrected chi connectivity index (χ3v) is 6.38. The number of carbonyl (C=O) groups excluding carboxylic acids is 2. The molecule has 0 bridgehead atoms.